The molecule has 2 rings (SSSR count). The van der Waals surface area contributed by atoms with Crippen molar-refractivity contribution in [2.75, 3.05) is 0 Å². The molecule has 1 aromatic rings. The van der Waals surface area contributed by atoms with E-state index in [1.54, 1.807) is 12.1 Å². The van der Waals surface area contributed by atoms with Crippen molar-refractivity contribution >= 4 is 28.6 Å². The second-order valence-corrected chi connectivity index (χ2v) is 4.59. The van der Waals surface area contributed by atoms with Crippen LogP contribution in [0.3, 0.4) is 0 Å². The van der Waals surface area contributed by atoms with Gasteiger partial charge >= 0.3 is 5.97 Å². The number of nitrogens with one attached hydrogen (secondary N) is 1. The molecule has 1 aliphatic rings. The molecule has 0 amide bonds. The molecule has 0 saturated heterocycles. The average molecular weight is 315 g/mol. The second kappa shape index (κ2) is 3.97. The van der Waals surface area contributed by atoms with Crippen molar-refractivity contribution in [3.05, 3.63) is 26.8 Å². The summed E-state index contributed by atoms with van der Waals surface area (Å²) in [6, 6.07) is 2.90. The lowest BCUT2D eigenvalue weighted by Crippen LogP contribution is -2.41. The molecule has 0 spiro atoms. The van der Waals surface area contributed by atoms with Crippen LogP contribution >= 0.6 is 22.6 Å². The van der Waals surface area contributed by atoms with Crippen molar-refractivity contribution in [1.82, 2.24) is 5.32 Å². The fraction of sp³-hybridized carbons (Fsp3) is 0.300. The average Bonchev–Trinajstić information content (AvgIpc) is 2.23. The molecule has 5 heteroatoms. The van der Waals surface area contributed by atoms with Gasteiger partial charge in [-0.1, -0.05) is 6.07 Å². The number of fused-ring (bicyclic) bond motifs is 1. The fourth-order valence-electron chi connectivity index (χ4n) is 1.72. The number of benzene rings is 1. The zero-order chi connectivity index (χ0) is 11.0. The number of hydrogen-bond donors (Lipinski definition) is 3. The van der Waals surface area contributed by atoms with E-state index in [1.807, 2.05) is 0 Å². The van der Waals surface area contributed by atoms with E-state index in [9.17, 15) is 9.90 Å². The van der Waals surface area contributed by atoms with Crippen LogP contribution in [0.1, 0.15) is 11.1 Å². The molecule has 0 aliphatic carbocycles. The number of aromatic hydroxyl groups is 1. The van der Waals surface area contributed by atoms with Gasteiger partial charge < -0.3 is 10.2 Å². The lowest BCUT2D eigenvalue weighted by Gasteiger charge is -2.24. The highest BCUT2D eigenvalue weighted by atomic mass is 123. The molecule has 1 atom stereocenters. The highest BCUT2D eigenvalue weighted by molar-refractivity contribution is 14.1. The van der Waals surface area contributed by atoms with E-state index < -0.39 is 12.0 Å². The Bertz CT molecular complexity index is 419. The maximum atomic E-state index is 10.8. The Morgan fingerprint density at radius 1 is 1.53 bits per heavy atom. The van der Waals surface area contributed by atoms with Crippen LogP contribution in [0.4, 0.5) is 0 Å². The summed E-state index contributed by atoms with van der Waals surface area (Å²) in [6.07, 6.45) is 0.473. The SMILES string of the molecule is O=C(O)C1Cc2ccc(O)c([123I])c2CN1. The van der Waals surface area contributed by atoms with Crippen molar-refractivity contribution in [3.8, 4) is 5.75 Å². The number of carboxylic acid groups (broad SMARTS) is 1. The zero-order valence-corrected chi connectivity index (χ0v) is 9.98. The third kappa shape index (κ3) is 1.93. The largest absolute Gasteiger partial charge is 0.507 e. The van der Waals surface area contributed by atoms with Crippen molar-refractivity contribution in [2.24, 2.45) is 0 Å². The van der Waals surface area contributed by atoms with Crippen molar-refractivity contribution < 1.29 is 15.0 Å². The van der Waals surface area contributed by atoms with Crippen molar-refractivity contribution in [2.45, 2.75) is 19.0 Å². The van der Waals surface area contributed by atoms with E-state index in [4.69, 9.17) is 5.11 Å². The topological polar surface area (TPSA) is 69.6 Å². The Kier molecular flexibility index (Phi) is 2.83. The monoisotopic (exact) mass is 315 g/mol. The summed E-state index contributed by atoms with van der Waals surface area (Å²) in [4.78, 5) is 10.8. The Labute approximate surface area is 100 Å². The predicted molar refractivity (Wildman–Crippen MR) is 62.8 cm³/mol. The summed E-state index contributed by atoms with van der Waals surface area (Å²) < 4.78 is 0.807. The van der Waals surface area contributed by atoms with E-state index in [0.29, 0.717) is 13.0 Å². The van der Waals surface area contributed by atoms with Gasteiger partial charge in [-0.25, -0.2) is 0 Å². The van der Waals surface area contributed by atoms with Gasteiger partial charge in [-0.15, -0.1) is 0 Å². The molecule has 1 aromatic carbocycles. The number of rotatable bonds is 1. The Hall–Kier alpha value is -0.820. The summed E-state index contributed by atoms with van der Waals surface area (Å²) in [5.74, 6) is -0.575. The molecule has 0 aromatic heterocycles. The van der Waals surface area contributed by atoms with Crippen LogP contribution in [0.25, 0.3) is 0 Å². The van der Waals surface area contributed by atoms with Crippen LogP contribution in [-0.2, 0) is 17.8 Å². The molecule has 0 saturated carbocycles. The van der Waals surface area contributed by atoms with E-state index in [-0.39, 0.29) is 5.75 Å². The first-order chi connectivity index (χ1) is 7.09. The number of carboxylic acids is 1. The molecule has 4 nitrogen and oxygen atoms in total. The predicted octanol–water partition coefficient (Wildman–Crippen LogP) is 1.10. The van der Waals surface area contributed by atoms with Crippen LogP contribution in [-0.4, -0.2) is 22.2 Å². The Balaban J connectivity index is 2.36. The quantitative estimate of drug-likeness (QED) is 0.679. The molecular weight excluding hydrogens is 305 g/mol. The number of phenolic OH excluding ortho intramolecular Hbond substituents is 1. The molecule has 0 fully saturated rings. The molecule has 1 unspecified atom stereocenters. The summed E-state index contributed by atoms with van der Waals surface area (Å²) in [5.41, 5.74) is 2.01. The van der Waals surface area contributed by atoms with E-state index >= 15 is 0 Å². The molecule has 0 radical (unpaired) electrons. The first-order valence-corrected chi connectivity index (χ1v) is 5.63. The van der Waals surface area contributed by atoms with E-state index in [1.165, 1.54) is 0 Å². The molecule has 0 bridgehead atoms. The fourth-order valence-corrected chi connectivity index (χ4v) is 2.44. The van der Waals surface area contributed by atoms with Gasteiger partial charge in [0.2, 0.25) is 0 Å². The normalized spacial score (nSPS) is 19.7. The van der Waals surface area contributed by atoms with Crippen LogP contribution in [0, 0.1) is 3.57 Å². The summed E-state index contributed by atoms with van der Waals surface area (Å²) in [6.45, 7) is 0.499. The summed E-state index contributed by atoms with van der Waals surface area (Å²) in [7, 11) is 0. The minimum absolute atomic E-state index is 0.255. The Morgan fingerprint density at radius 2 is 2.27 bits per heavy atom. The number of phenols is 1. The smallest absolute Gasteiger partial charge is 0.321 e. The van der Waals surface area contributed by atoms with E-state index in [0.717, 1.165) is 14.7 Å². The summed E-state index contributed by atoms with van der Waals surface area (Å²) in [5, 5.41) is 21.3. The van der Waals surface area contributed by atoms with Crippen molar-refractivity contribution in [1.29, 1.82) is 0 Å². The first kappa shape index (κ1) is 10.7. The molecule has 80 valence electrons. The standard InChI is InChI=1S/C10H10INO3/c11-9-6-4-12-7(10(14)15)3-5(6)1-2-8(9)13/h1-2,7,12-13H,3-4H2,(H,14,15)/i11-4. The molecule has 15 heavy (non-hydrogen) atoms. The first-order valence-electron chi connectivity index (χ1n) is 4.55. The minimum atomic E-state index is -0.830. The lowest BCUT2D eigenvalue weighted by molar-refractivity contribution is -0.139. The van der Waals surface area contributed by atoms with Gasteiger partial charge in [-0.2, -0.15) is 0 Å². The van der Waals surface area contributed by atoms with Gasteiger partial charge in [0.05, 0.1) is 3.57 Å². The highest BCUT2D eigenvalue weighted by Crippen LogP contribution is 2.29. The van der Waals surface area contributed by atoms with Gasteiger partial charge in [0.15, 0.2) is 0 Å². The number of aliphatic carboxylic acids is 1. The van der Waals surface area contributed by atoms with Crippen LogP contribution in [0.5, 0.6) is 5.75 Å². The second-order valence-electron chi connectivity index (χ2n) is 3.51. The molecular formula is C10H10INO3. The lowest BCUT2D eigenvalue weighted by atomic mass is 9.96. The van der Waals surface area contributed by atoms with Crippen LogP contribution < -0.4 is 5.32 Å². The van der Waals surface area contributed by atoms with Crippen LogP contribution in [0.15, 0.2) is 12.1 Å². The maximum absolute atomic E-state index is 10.8. The third-order valence-corrected chi connectivity index (χ3v) is 3.77. The summed E-state index contributed by atoms with van der Waals surface area (Å²) >= 11 is 2.07. The van der Waals surface area contributed by atoms with Crippen molar-refractivity contribution in [3.63, 3.8) is 0 Å². The van der Waals surface area contributed by atoms with Gasteiger partial charge in [0, 0.05) is 6.54 Å². The van der Waals surface area contributed by atoms with Gasteiger partial charge in [0.1, 0.15) is 11.8 Å². The zero-order valence-electron chi connectivity index (χ0n) is 7.83. The molecule has 1 aliphatic heterocycles. The number of hydrogen-bond acceptors (Lipinski definition) is 3. The van der Waals surface area contributed by atoms with Gasteiger partial charge in [-0.05, 0) is 46.2 Å². The van der Waals surface area contributed by atoms with Gasteiger partial charge in [0.25, 0.3) is 0 Å². The van der Waals surface area contributed by atoms with E-state index in [2.05, 4.69) is 27.9 Å². The highest BCUT2D eigenvalue weighted by Gasteiger charge is 2.25. The maximum Gasteiger partial charge on any atom is 0.321 e. The van der Waals surface area contributed by atoms with Gasteiger partial charge in [-0.3, -0.25) is 10.1 Å². The third-order valence-electron chi connectivity index (χ3n) is 2.57. The number of halogens is 1. The number of carbonyl (C=O) groups is 1. The molecule has 3 N–H and O–H groups in total. The Morgan fingerprint density at radius 3 is 2.93 bits per heavy atom. The van der Waals surface area contributed by atoms with Crippen LogP contribution in [0.2, 0.25) is 0 Å². The molecule has 1 heterocycles. The minimum Gasteiger partial charge on any atom is -0.507 e.